The molecule has 1 aromatic carbocycles. The summed E-state index contributed by atoms with van der Waals surface area (Å²) in [6, 6.07) is 12.1. The Morgan fingerprint density at radius 2 is 1.96 bits per heavy atom. The van der Waals surface area contributed by atoms with Gasteiger partial charge in [0.05, 0.1) is 18.9 Å². The molecule has 3 aromatic rings. The van der Waals surface area contributed by atoms with E-state index in [-0.39, 0.29) is 0 Å². The van der Waals surface area contributed by atoms with Crippen molar-refractivity contribution in [3.05, 3.63) is 60.7 Å². The monoisotopic (exact) mass is 336 g/mol. The van der Waals surface area contributed by atoms with Crippen molar-refractivity contribution in [3.63, 3.8) is 0 Å². The summed E-state index contributed by atoms with van der Waals surface area (Å²) < 4.78 is 7.27. The predicted molar refractivity (Wildman–Crippen MR) is 96.0 cm³/mol. The molecular formula is C18H20N6O. The van der Waals surface area contributed by atoms with Gasteiger partial charge in [-0.25, -0.2) is 14.6 Å². The van der Waals surface area contributed by atoms with Crippen LogP contribution in [0.2, 0.25) is 0 Å². The van der Waals surface area contributed by atoms with E-state index < -0.39 is 0 Å². The van der Waals surface area contributed by atoms with Crippen molar-refractivity contribution in [2.75, 3.05) is 36.5 Å². The first kappa shape index (κ1) is 15.6. The second-order valence-corrected chi connectivity index (χ2v) is 5.79. The fourth-order valence-corrected chi connectivity index (χ4v) is 2.89. The molecule has 0 radical (unpaired) electrons. The van der Waals surface area contributed by atoms with Gasteiger partial charge >= 0.3 is 0 Å². The normalized spacial score (nSPS) is 14.5. The minimum Gasteiger partial charge on any atom is -0.378 e. The highest BCUT2D eigenvalue weighted by Gasteiger charge is 2.13. The van der Waals surface area contributed by atoms with Gasteiger partial charge in [-0.1, -0.05) is 18.2 Å². The van der Waals surface area contributed by atoms with Crippen LogP contribution in [0.25, 0.3) is 5.69 Å². The summed E-state index contributed by atoms with van der Waals surface area (Å²) in [5.41, 5.74) is 2.21. The first-order valence-corrected chi connectivity index (χ1v) is 8.37. The van der Waals surface area contributed by atoms with Crippen LogP contribution >= 0.6 is 0 Å². The van der Waals surface area contributed by atoms with E-state index in [2.05, 4.69) is 37.4 Å². The van der Waals surface area contributed by atoms with Gasteiger partial charge < -0.3 is 15.0 Å². The number of hydrogen-bond donors (Lipinski definition) is 1. The zero-order chi connectivity index (χ0) is 16.9. The lowest BCUT2D eigenvalue weighted by molar-refractivity contribution is 0.122. The maximum Gasteiger partial charge on any atom is 0.134 e. The van der Waals surface area contributed by atoms with Gasteiger partial charge in [0.25, 0.3) is 0 Å². The highest BCUT2D eigenvalue weighted by molar-refractivity contribution is 5.50. The van der Waals surface area contributed by atoms with Gasteiger partial charge in [0.15, 0.2) is 0 Å². The van der Waals surface area contributed by atoms with Crippen LogP contribution in [-0.4, -0.2) is 46.1 Å². The Labute approximate surface area is 146 Å². The third-order valence-corrected chi connectivity index (χ3v) is 4.19. The third kappa shape index (κ3) is 3.61. The standard InChI is InChI=1S/C18H20N6O/c1-2-5-16(24-7-3-6-22-24)15(4-1)13-19-17-12-18(21-14-20-17)23-8-10-25-11-9-23/h1-7,12,14H,8-11,13H2,(H,19,20,21). The molecule has 4 rings (SSSR count). The molecule has 7 nitrogen and oxygen atoms in total. The van der Waals surface area contributed by atoms with E-state index in [0.717, 1.165) is 49.2 Å². The zero-order valence-electron chi connectivity index (χ0n) is 13.9. The number of aromatic nitrogens is 4. The van der Waals surface area contributed by atoms with Crippen molar-refractivity contribution in [2.24, 2.45) is 0 Å². The number of hydrogen-bond acceptors (Lipinski definition) is 6. The Hall–Kier alpha value is -2.93. The van der Waals surface area contributed by atoms with E-state index in [1.807, 2.05) is 35.1 Å². The number of nitrogens with zero attached hydrogens (tertiary/aromatic N) is 5. The van der Waals surface area contributed by atoms with E-state index in [0.29, 0.717) is 6.54 Å². The zero-order valence-corrected chi connectivity index (χ0v) is 13.9. The van der Waals surface area contributed by atoms with Crippen LogP contribution in [0, 0.1) is 0 Å². The minimum atomic E-state index is 0.662. The molecule has 128 valence electrons. The van der Waals surface area contributed by atoms with Gasteiger partial charge in [-0.15, -0.1) is 0 Å². The van der Waals surface area contributed by atoms with Crippen LogP contribution in [0.15, 0.2) is 55.1 Å². The van der Waals surface area contributed by atoms with E-state index in [9.17, 15) is 0 Å². The summed E-state index contributed by atoms with van der Waals surface area (Å²) in [4.78, 5) is 10.9. The number of morpholine rings is 1. The first-order valence-electron chi connectivity index (χ1n) is 8.37. The number of benzene rings is 1. The van der Waals surface area contributed by atoms with E-state index in [4.69, 9.17) is 4.74 Å². The molecule has 1 N–H and O–H groups in total. The van der Waals surface area contributed by atoms with Crippen molar-refractivity contribution in [1.29, 1.82) is 0 Å². The van der Waals surface area contributed by atoms with E-state index in [1.54, 1.807) is 12.5 Å². The lowest BCUT2D eigenvalue weighted by atomic mass is 10.2. The Balaban J connectivity index is 1.49. The van der Waals surface area contributed by atoms with Gasteiger partial charge in [-0.2, -0.15) is 5.10 Å². The van der Waals surface area contributed by atoms with Crippen molar-refractivity contribution in [3.8, 4) is 5.69 Å². The topological polar surface area (TPSA) is 68.1 Å². The summed E-state index contributed by atoms with van der Waals surface area (Å²) in [7, 11) is 0. The fourth-order valence-electron chi connectivity index (χ4n) is 2.89. The van der Waals surface area contributed by atoms with Crippen molar-refractivity contribution in [1.82, 2.24) is 19.7 Å². The highest BCUT2D eigenvalue weighted by atomic mass is 16.5. The highest BCUT2D eigenvalue weighted by Crippen LogP contribution is 2.18. The first-order chi connectivity index (χ1) is 12.4. The van der Waals surface area contributed by atoms with Crippen LogP contribution in [0.5, 0.6) is 0 Å². The average molecular weight is 336 g/mol. The summed E-state index contributed by atoms with van der Waals surface area (Å²) in [5, 5.41) is 7.71. The minimum absolute atomic E-state index is 0.662. The summed E-state index contributed by atoms with van der Waals surface area (Å²) in [6.07, 6.45) is 5.33. The molecule has 0 spiro atoms. The van der Waals surface area contributed by atoms with E-state index in [1.165, 1.54) is 0 Å². The molecular weight excluding hydrogens is 316 g/mol. The summed E-state index contributed by atoms with van der Waals surface area (Å²) in [5.74, 6) is 1.74. The molecule has 1 aliphatic heterocycles. The third-order valence-electron chi connectivity index (χ3n) is 4.19. The molecule has 0 atom stereocenters. The smallest absolute Gasteiger partial charge is 0.134 e. The summed E-state index contributed by atoms with van der Waals surface area (Å²) in [6.45, 7) is 3.86. The van der Waals surface area contributed by atoms with Crippen LogP contribution in [0.4, 0.5) is 11.6 Å². The molecule has 0 unspecified atom stereocenters. The Morgan fingerprint density at radius 3 is 2.80 bits per heavy atom. The Kier molecular flexibility index (Phi) is 4.56. The second kappa shape index (κ2) is 7.31. The summed E-state index contributed by atoms with van der Waals surface area (Å²) >= 11 is 0. The van der Waals surface area contributed by atoms with Gasteiger partial charge in [-0.05, 0) is 17.7 Å². The molecule has 3 heterocycles. The molecule has 0 amide bonds. The average Bonchev–Trinajstić information content (AvgIpc) is 3.22. The molecule has 2 aromatic heterocycles. The molecule has 0 aliphatic carbocycles. The quantitative estimate of drug-likeness (QED) is 0.770. The number of anilines is 2. The maximum absolute atomic E-state index is 5.40. The SMILES string of the molecule is c1ccc(-n2cccn2)c(CNc2cc(N3CCOCC3)ncn2)c1. The van der Waals surface area contributed by atoms with Crippen molar-refractivity contribution >= 4 is 11.6 Å². The van der Waals surface area contributed by atoms with Crippen LogP contribution in [0.3, 0.4) is 0 Å². The van der Waals surface area contributed by atoms with Crippen molar-refractivity contribution < 1.29 is 4.74 Å². The molecule has 1 saturated heterocycles. The predicted octanol–water partition coefficient (Wildman–Crippen LogP) is 2.11. The van der Waals surface area contributed by atoms with Crippen LogP contribution < -0.4 is 10.2 Å². The largest absolute Gasteiger partial charge is 0.378 e. The number of nitrogens with one attached hydrogen (secondary N) is 1. The lowest BCUT2D eigenvalue weighted by Crippen LogP contribution is -2.36. The van der Waals surface area contributed by atoms with Crippen molar-refractivity contribution in [2.45, 2.75) is 6.54 Å². The maximum atomic E-state index is 5.40. The van der Waals surface area contributed by atoms with Crippen LogP contribution in [0.1, 0.15) is 5.56 Å². The molecule has 25 heavy (non-hydrogen) atoms. The van der Waals surface area contributed by atoms with Gasteiger partial charge in [0, 0.05) is 38.1 Å². The molecule has 7 heteroatoms. The Bertz CT molecular complexity index is 814. The molecule has 1 aliphatic rings. The van der Waals surface area contributed by atoms with Crippen LogP contribution in [-0.2, 0) is 11.3 Å². The molecule has 0 bridgehead atoms. The lowest BCUT2D eigenvalue weighted by Gasteiger charge is -2.27. The Morgan fingerprint density at radius 1 is 1.08 bits per heavy atom. The molecule has 1 fully saturated rings. The molecule has 0 saturated carbocycles. The van der Waals surface area contributed by atoms with Gasteiger partial charge in [0.1, 0.15) is 18.0 Å². The van der Waals surface area contributed by atoms with Gasteiger partial charge in [-0.3, -0.25) is 0 Å². The number of para-hydroxylation sites is 1. The van der Waals surface area contributed by atoms with Gasteiger partial charge in [0.2, 0.25) is 0 Å². The number of ether oxygens (including phenoxy) is 1. The fraction of sp³-hybridized carbons (Fsp3) is 0.278. The number of rotatable bonds is 5. The second-order valence-electron chi connectivity index (χ2n) is 5.79. The van der Waals surface area contributed by atoms with E-state index >= 15 is 0 Å².